The maximum absolute atomic E-state index is 10.5. The lowest BCUT2D eigenvalue weighted by atomic mass is 10.5. The first kappa shape index (κ1) is 5.81. The van der Waals surface area contributed by atoms with E-state index in [1.807, 2.05) is 0 Å². The van der Waals surface area contributed by atoms with Gasteiger partial charge in [0.25, 0.3) is 0 Å². The molecule has 0 aliphatic heterocycles. The number of methoxy groups -OCH3 is 1. The van der Waals surface area contributed by atoms with E-state index < -0.39 is 0 Å². The lowest BCUT2D eigenvalue weighted by Crippen LogP contribution is -2.01. The standard InChI is InChI=1S/C5H6N2O2/c1-9-5-2-4(8)3-6-7-5/h2-3H,1H3,(H,7,8). The Bertz CT molecular complexity index is 243. The van der Waals surface area contributed by atoms with Crippen LogP contribution in [0.3, 0.4) is 0 Å². The van der Waals surface area contributed by atoms with Crippen LogP contribution >= 0.6 is 0 Å². The van der Waals surface area contributed by atoms with Crippen molar-refractivity contribution in [3.05, 3.63) is 22.5 Å². The molecule has 0 atom stereocenters. The van der Waals surface area contributed by atoms with Crippen molar-refractivity contribution in [2.75, 3.05) is 7.11 Å². The van der Waals surface area contributed by atoms with Crippen LogP contribution in [0.2, 0.25) is 0 Å². The maximum Gasteiger partial charge on any atom is 0.211 e. The number of nitrogens with zero attached hydrogens (tertiary/aromatic N) is 1. The molecule has 0 bridgehead atoms. The number of nitrogens with one attached hydrogen (secondary N) is 1. The van der Waals surface area contributed by atoms with E-state index in [9.17, 15) is 4.79 Å². The Morgan fingerprint density at radius 1 is 1.78 bits per heavy atom. The molecule has 0 radical (unpaired) electrons. The van der Waals surface area contributed by atoms with Crippen LogP contribution in [0.1, 0.15) is 0 Å². The van der Waals surface area contributed by atoms with Crippen molar-refractivity contribution >= 4 is 0 Å². The molecular weight excluding hydrogens is 120 g/mol. The Balaban J connectivity index is 3.08. The summed E-state index contributed by atoms with van der Waals surface area (Å²) in [4.78, 5) is 10.5. The number of aromatic nitrogens is 2. The molecule has 0 unspecified atom stereocenters. The second-order valence-electron chi connectivity index (χ2n) is 1.49. The summed E-state index contributed by atoms with van der Waals surface area (Å²) in [6, 6.07) is 1.33. The van der Waals surface area contributed by atoms with Gasteiger partial charge in [0.05, 0.1) is 13.3 Å². The molecule has 0 amide bonds. The van der Waals surface area contributed by atoms with Gasteiger partial charge in [-0.05, 0) is 0 Å². The number of ether oxygens (including phenoxy) is 1. The van der Waals surface area contributed by atoms with Crippen LogP contribution in [-0.2, 0) is 0 Å². The second-order valence-corrected chi connectivity index (χ2v) is 1.49. The van der Waals surface area contributed by atoms with Gasteiger partial charge in [-0.15, -0.1) is 0 Å². The molecule has 48 valence electrons. The quantitative estimate of drug-likeness (QED) is 0.565. The average molecular weight is 126 g/mol. The molecule has 1 aromatic heterocycles. The van der Waals surface area contributed by atoms with E-state index in [4.69, 9.17) is 0 Å². The van der Waals surface area contributed by atoms with E-state index in [2.05, 4.69) is 14.9 Å². The van der Waals surface area contributed by atoms with Gasteiger partial charge in [0, 0.05) is 6.07 Å². The van der Waals surface area contributed by atoms with Gasteiger partial charge in [-0.1, -0.05) is 0 Å². The number of rotatable bonds is 1. The zero-order valence-corrected chi connectivity index (χ0v) is 4.92. The zero-order valence-electron chi connectivity index (χ0n) is 4.92. The largest absolute Gasteiger partial charge is 0.481 e. The summed E-state index contributed by atoms with van der Waals surface area (Å²) in [5.41, 5.74) is -0.161. The minimum atomic E-state index is -0.161. The molecule has 0 saturated heterocycles. The first-order chi connectivity index (χ1) is 4.33. The molecule has 0 aliphatic rings. The van der Waals surface area contributed by atoms with Crippen LogP contribution < -0.4 is 10.2 Å². The average Bonchev–Trinajstić information content (AvgIpc) is 1.88. The summed E-state index contributed by atoms with van der Waals surface area (Å²) >= 11 is 0. The molecule has 9 heavy (non-hydrogen) atoms. The number of aromatic amines is 1. The third-order valence-corrected chi connectivity index (χ3v) is 0.860. The lowest BCUT2D eigenvalue weighted by molar-refractivity contribution is 0.391. The summed E-state index contributed by atoms with van der Waals surface area (Å²) in [6.07, 6.45) is 1.18. The van der Waals surface area contributed by atoms with Crippen molar-refractivity contribution in [3.63, 3.8) is 0 Å². The van der Waals surface area contributed by atoms with E-state index >= 15 is 0 Å². The summed E-state index contributed by atoms with van der Waals surface area (Å²) in [5.74, 6) is 0.377. The Morgan fingerprint density at radius 2 is 2.56 bits per heavy atom. The monoisotopic (exact) mass is 126 g/mol. The van der Waals surface area contributed by atoms with Crippen molar-refractivity contribution < 1.29 is 4.74 Å². The van der Waals surface area contributed by atoms with Gasteiger partial charge in [0.2, 0.25) is 11.3 Å². The van der Waals surface area contributed by atoms with Gasteiger partial charge in [-0.25, -0.2) is 5.10 Å². The topological polar surface area (TPSA) is 55.0 Å². The number of hydrogen-bond acceptors (Lipinski definition) is 3. The molecule has 0 aliphatic carbocycles. The predicted molar refractivity (Wildman–Crippen MR) is 31.4 cm³/mol. The summed E-state index contributed by atoms with van der Waals surface area (Å²) in [6.45, 7) is 0. The van der Waals surface area contributed by atoms with Gasteiger partial charge in [0.15, 0.2) is 0 Å². The van der Waals surface area contributed by atoms with Gasteiger partial charge >= 0.3 is 0 Å². The number of hydrogen-bond donors (Lipinski definition) is 1. The molecular formula is C5H6N2O2. The van der Waals surface area contributed by atoms with E-state index in [0.29, 0.717) is 5.88 Å². The summed E-state index contributed by atoms with van der Waals surface area (Å²) in [5, 5.41) is 5.98. The van der Waals surface area contributed by atoms with Gasteiger partial charge < -0.3 is 4.74 Å². The molecule has 0 fully saturated rings. The lowest BCUT2D eigenvalue weighted by Gasteiger charge is -1.93. The highest BCUT2D eigenvalue weighted by molar-refractivity contribution is 5.04. The summed E-state index contributed by atoms with van der Waals surface area (Å²) in [7, 11) is 1.47. The van der Waals surface area contributed by atoms with E-state index in [1.54, 1.807) is 0 Å². The second kappa shape index (κ2) is 2.30. The van der Waals surface area contributed by atoms with Gasteiger partial charge in [0.1, 0.15) is 0 Å². The van der Waals surface area contributed by atoms with Gasteiger partial charge in [-0.3, -0.25) is 4.79 Å². The molecule has 4 heteroatoms. The molecule has 1 rings (SSSR count). The van der Waals surface area contributed by atoms with E-state index in [1.165, 1.54) is 19.4 Å². The maximum atomic E-state index is 10.5. The Labute approximate surface area is 51.5 Å². The van der Waals surface area contributed by atoms with Crippen LogP contribution in [0.4, 0.5) is 0 Å². The van der Waals surface area contributed by atoms with E-state index in [-0.39, 0.29) is 5.43 Å². The normalized spacial score (nSPS) is 9.00. The van der Waals surface area contributed by atoms with Crippen LogP contribution in [0.5, 0.6) is 5.88 Å². The molecule has 1 N–H and O–H groups in total. The molecule has 0 saturated carbocycles. The van der Waals surface area contributed by atoms with Crippen molar-refractivity contribution in [2.24, 2.45) is 0 Å². The molecule has 1 aromatic rings. The Kier molecular flexibility index (Phi) is 1.48. The minimum absolute atomic E-state index is 0.161. The fourth-order valence-electron chi connectivity index (χ4n) is 0.463. The van der Waals surface area contributed by atoms with Crippen molar-refractivity contribution in [1.29, 1.82) is 0 Å². The Hall–Kier alpha value is -1.32. The fraction of sp³-hybridized carbons (Fsp3) is 0.200. The van der Waals surface area contributed by atoms with Crippen LogP contribution in [-0.4, -0.2) is 17.3 Å². The van der Waals surface area contributed by atoms with E-state index in [0.717, 1.165) is 0 Å². The van der Waals surface area contributed by atoms with Crippen LogP contribution in [0, 0.1) is 0 Å². The molecule has 1 heterocycles. The van der Waals surface area contributed by atoms with Gasteiger partial charge in [-0.2, -0.15) is 5.10 Å². The van der Waals surface area contributed by atoms with Crippen LogP contribution in [0.15, 0.2) is 17.1 Å². The van der Waals surface area contributed by atoms with Crippen molar-refractivity contribution in [1.82, 2.24) is 10.2 Å². The first-order valence-corrected chi connectivity index (χ1v) is 2.41. The fourth-order valence-corrected chi connectivity index (χ4v) is 0.463. The third-order valence-electron chi connectivity index (χ3n) is 0.860. The smallest absolute Gasteiger partial charge is 0.211 e. The molecule has 0 spiro atoms. The first-order valence-electron chi connectivity index (χ1n) is 2.41. The van der Waals surface area contributed by atoms with Crippen molar-refractivity contribution in [3.8, 4) is 5.88 Å². The SMILES string of the molecule is COc1cc(=O)cn[nH]1. The third kappa shape index (κ3) is 1.28. The number of H-pyrrole nitrogens is 1. The predicted octanol–water partition coefficient (Wildman–Crippen LogP) is -0.222. The highest BCUT2D eigenvalue weighted by atomic mass is 16.5. The van der Waals surface area contributed by atoms with Crippen LogP contribution in [0.25, 0.3) is 0 Å². The molecule has 0 aromatic carbocycles. The molecule has 4 nitrogen and oxygen atoms in total. The Morgan fingerprint density at radius 3 is 3.00 bits per heavy atom. The zero-order chi connectivity index (χ0) is 6.69. The highest BCUT2D eigenvalue weighted by Crippen LogP contribution is 1.93. The van der Waals surface area contributed by atoms with Crippen molar-refractivity contribution in [2.45, 2.75) is 0 Å². The highest BCUT2D eigenvalue weighted by Gasteiger charge is 1.87. The summed E-state index contributed by atoms with van der Waals surface area (Å²) < 4.78 is 4.68. The minimum Gasteiger partial charge on any atom is -0.481 e.